The van der Waals surface area contributed by atoms with Gasteiger partial charge in [0.25, 0.3) is 5.91 Å². The maximum Gasteiger partial charge on any atom is 0.331 e. The minimum atomic E-state index is -0.576. The standard InChI is InChI=1S/C18H22N2O4/c1-13-4-6-14(7-5-13)8-9-17(22)24-12-16(21)20-10-2-3-15(11-20)18(19)23/h4-9,15H,2-3,10-12H2,1H3,(H2,19,23)/b9-8+/t15-/m0/s1. The highest BCUT2D eigenvalue weighted by atomic mass is 16.5. The number of nitrogens with two attached hydrogens (primary N) is 1. The Labute approximate surface area is 141 Å². The van der Waals surface area contributed by atoms with Crippen LogP contribution in [0.15, 0.2) is 30.3 Å². The zero-order valence-electron chi connectivity index (χ0n) is 13.7. The average Bonchev–Trinajstić information content (AvgIpc) is 2.59. The minimum Gasteiger partial charge on any atom is -0.452 e. The Balaban J connectivity index is 1.79. The van der Waals surface area contributed by atoms with Crippen molar-refractivity contribution in [1.29, 1.82) is 0 Å². The van der Waals surface area contributed by atoms with Crippen molar-refractivity contribution in [1.82, 2.24) is 4.90 Å². The number of aryl methyl sites for hydroxylation is 1. The summed E-state index contributed by atoms with van der Waals surface area (Å²) in [6.07, 6.45) is 4.34. The monoisotopic (exact) mass is 330 g/mol. The summed E-state index contributed by atoms with van der Waals surface area (Å²) >= 11 is 0. The molecule has 6 nitrogen and oxygen atoms in total. The minimum absolute atomic E-state index is 0.297. The van der Waals surface area contributed by atoms with Crippen molar-refractivity contribution in [2.45, 2.75) is 19.8 Å². The van der Waals surface area contributed by atoms with E-state index in [-0.39, 0.29) is 18.4 Å². The number of amides is 2. The molecular weight excluding hydrogens is 308 g/mol. The summed E-state index contributed by atoms with van der Waals surface area (Å²) in [7, 11) is 0. The van der Waals surface area contributed by atoms with E-state index in [1.54, 1.807) is 6.08 Å². The molecule has 0 bridgehead atoms. The van der Waals surface area contributed by atoms with Crippen molar-refractivity contribution in [3.63, 3.8) is 0 Å². The normalized spacial score (nSPS) is 17.7. The van der Waals surface area contributed by atoms with Crippen molar-refractivity contribution in [3.8, 4) is 0 Å². The second kappa shape index (κ2) is 8.29. The number of benzene rings is 1. The van der Waals surface area contributed by atoms with Crippen LogP contribution in [0.25, 0.3) is 6.08 Å². The van der Waals surface area contributed by atoms with Crippen LogP contribution in [0.5, 0.6) is 0 Å². The molecule has 1 aliphatic heterocycles. The maximum atomic E-state index is 12.1. The lowest BCUT2D eigenvalue weighted by Crippen LogP contribution is -2.45. The highest BCUT2D eigenvalue weighted by molar-refractivity contribution is 5.89. The molecule has 0 aliphatic carbocycles. The molecule has 1 fully saturated rings. The van der Waals surface area contributed by atoms with Crippen molar-refractivity contribution >= 4 is 23.9 Å². The molecule has 2 N–H and O–H groups in total. The van der Waals surface area contributed by atoms with E-state index in [1.165, 1.54) is 11.0 Å². The van der Waals surface area contributed by atoms with Gasteiger partial charge in [0, 0.05) is 19.2 Å². The number of likely N-dealkylation sites (tertiary alicyclic amines) is 1. The first-order chi connectivity index (χ1) is 11.5. The summed E-state index contributed by atoms with van der Waals surface area (Å²) in [5.41, 5.74) is 7.30. The molecule has 1 aromatic carbocycles. The zero-order valence-corrected chi connectivity index (χ0v) is 13.7. The summed E-state index contributed by atoms with van der Waals surface area (Å²) in [4.78, 5) is 36.5. The van der Waals surface area contributed by atoms with Crippen molar-refractivity contribution < 1.29 is 19.1 Å². The van der Waals surface area contributed by atoms with Gasteiger partial charge >= 0.3 is 5.97 Å². The molecule has 1 saturated heterocycles. The van der Waals surface area contributed by atoms with Crippen molar-refractivity contribution in [2.24, 2.45) is 11.7 Å². The number of ether oxygens (including phenoxy) is 1. The molecule has 2 rings (SSSR count). The maximum absolute atomic E-state index is 12.1. The Morgan fingerprint density at radius 3 is 2.67 bits per heavy atom. The first-order valence-electron chi connectivity index (χ1n) is 7.94. The molecule has 6 heteroatoms. The number of carbonyl (C=O) groups is 3. The summed E-state index contributed by atoms with van der Waals surface area (Å²) in [6, 6.07) is 7.67. The molecule has 1 aliphatic rings. The Morgan fingerprint density at radius 2 is 2.00 bits per heavy atom. The van der Waals surface area contributed by atoms with Crippen molar-refractivity contribution in [3.05, 3.63) is 41.5 Å². The molecule has 0 saturated carbocycles. The molecule has 1 heterocycles. The smallest absolute Gasteiger partial charge is 0.331 e. The summed E-state index contributed by atoms with van der Waals surface area (Å²) in [6.45, 7) is 2.50. The first kappa shape index (κ1) is 17.7. The van der Waals surface area contributed by atoms with Gasteiger partial charge in [0.05, 0.1) is 5.92 Å². The first-order valence-corrected chi connectivity index (χ1v) is 7.94. The molecule has 24 heavy (non-hydrogen) atoms. The second-order valence-corrected chi connectivity index (χ2v) is 5.93. The largest absolute Gasteiger partial charge is 0.452 e. The molecular formula is C18H22N2O4. The van der Waals surface area contributed by atoms with E-state index < -0.39 is 11.9 Å². The van der Waals surface area contributed by atoms with Gasteiger partial charge in [0.2, 0.25) is 5.91 Å². The molecule has 0 aromatic heterocycles. The van der Waals surface area contributed by atoms with E-state index in [0.717, 1.165) is 17.5 Å². The Hall–Kier alpha value is -2.63. The molecule has 2 amide bonds. The number of esters is 1. The van der Waals surface area contributed by atoms with Gasteiger partial charge in [-0.25, -0.2) is 4.79 Å². The fourth-order valence-electron chi connectivity index (χ4n) is 2.55. The molecule has 128 valence electrons. The fourth-order valence-corrected chi connectivity index (χ4v) is 2.55. The summed E-state index contributed by atoms with van der Waals surface area (Å²) < 4.78 is 4.97. The number of carbonyl (C=O) groups excluding carboxylic acids is 3. The number of hydrogen-bond acceptors (Lipinski definition) is 4. The number of rotatable bonds is 5. The Bertz CT molecular complexity index is 637. The van der Waals surface area contributed by atoms with Crippen LogP contribution in [-0.4, -0.2) is 42.4 Å². The number of nitrogens with zero attached hydrogens (tertiary/aromatic N) is 1. The van der Waals surface area contributed by atoms with Crippen LogP contribution in [0.2, 0.25) is 0 Å². The van der Waals surface area contributed by atoms with E-state index in [0.29, 0.717) is 19.5 Å². The predicted molar refractivity (Wildman–Crippen MR) is 89.7 cm³/mol. The lowest BCUT2D eigenvalue weighted by molar-refractivity contribution is -0.149. The van der Waals surface area contributed by atoms with E-state index in [2.05, 4.69) is 0 Å². The van der Waals surface area contributed by atoms with Gasteiger partial charge in [-0.15, -0.1) is 0 Å². The molecule has 1 atom stereocenters. The van der Waals surface area contributed by atoms with E-state index in [4.69, 9.17) is 10.5 Å². The molecule has 1 aromatic rings. The molecule has 0 unspecified atom stereocenters. The molecule has 0 radical (unpaired) electrons. The van der Waals surface area contributed by atoms with E-state index in [9.17, 15) is 14.4 Å². The Morgan fingerprint density at radius 1 is 1.29 bits per heavy atom. The van der Waals surface area contributed by atoms with Crippen molar-refractivity contribution in [2.75, 3.05) is 19.7 Å². The highest BCUT2D eigenvalue weighted by Gasteiger charge is 2.27. The van der Waals surface area contributed by atoms with Gasteiger partial charge in [-0.05, 0) is 31.4 Å². The third-order valence-corrected chi connectivity index (χ3v) is 4.00. The van der Waals surface area contributed by atoms with E-state index in [1.807, 2.05) is 31.2 Å². The summed E-state index contributed by atoms with van der Waals surface area (Å²) in [5, 5.41) is 0. The van der Waals surface area contributed by atoms with Crippen LogP contribution in [0.3, 0.4) is 0 Å². The average molecular weight is 330 g/mol. The van der Waals surface area contributed by atoms with Gasteiger partial charge < -0.3 is 15.4 Å². The topological polar surface area (TPSA) is 89.7 Å². The quantitative estimate of drug-likeness (QED) is 0.650. The van der Waals surface area contributed by atoms with Gasteiger partial charge in [0.15, 0.2) is 6.61 Å². The van der Waals surface area contributed by atoms with Crippen LogP contribution in [0.4, 0.5) is 0 Å². The van der Waals surface area contributed by atoms with Crippen LogP contribution in [-0.2, 0) is 19.1 Å². The third kappa shape index (κ3) is 5.22. The van der Waals surface area contributed by atoms with Gasteiger partial charge in [-0.2, -0.15) is 0 Å². The predicted octanol–water partition coefficient (Wildman–Crippen LogP) is 1.28. The summed E-state index contributed by atoms with van der Waals surface area (Å²) in [5.74, 6) is -1.60. The Kier molecular flexibility index (Phi) is 6.12. The highest BCUT2D eigenvalue weighted by Crippen LogP contribution is 2.16. The van der Waals surface area contributed by atoms with Gasteiger partial charge in [-0.1, -0.05) is 29.8 Å². The lowest BCUT2D eigenvalue weighted by atomic mass is 9.97. The van der Waals surface area contributed by atoms with Crippen LogP contribution < -0.4 is 5.73 Å². The third-order valence-electron chi connectivity index (χ3n) is 4.00. The number of hydrogen-bond donors (Lipinski definition) is 1. The van der Waals surface area contributed by atoms with Crippen LogP contribution >= 0.6 is 0 Å². The number of primary amides is 1. The molecule has 0 spiro atoms. The second-order valence-electron chi connectivity index (χ2n) is 5.93. The van der Waals surface area contributed by atoms with Crippen LogP contribution in [0, 0.1) is 12.8 Å². The fraction of sp³-hybridized carbons (Fsp3) is 0.389. The SMILES string of the molecule is Cc1ccc(/C=C/C(=O)OCC(=O)N2CCC[C@H](C(N)=O)C2)cc1. The zero-order chi connectivity index (χ0) is 17.5. The van der Waals surface area contributed by atoms with E-state index >= 15 is 0 Å². The number of piperidine rings is 1. The lowest BCUT2D eigenvalue weighted by Gasteiger charge is -2.30. The van der Waals surface area contributed by atoms with Crippen LogP contribution in [0.1, 0.15) is 24.0 Å². The van der Waals surface area contributed by atoms with Gasteiger partial charge in [0.1, 0.15) is 0 Å². The van der Waals surface area contributed by atoms with Gasteiger partial charge in [-0.3, -0.25) is 9.59 Å².